The molecule has 1 heterocycles. The molecule has 2 aromatic rings. The Balaban J connectivity index is 2.64. The van der Waals surface area contributed by atoms with Crippen LogP contribution in [0.15, 0.2) is 30.3 Å². The number of nitrogens with two attached hydrogens (primary N) is 1. The van der Waals surface area contributed by atoms with E-state index in [1.165, 1.54) is 6.07 Å². The summed E-state index contributed by atoms with van der Waals surface area (Å²) in [6.45, 7) is 0. The minimum atomic E-state index is -4.35. The lowest BCUT2D eigenvalue weighted by Crippen LogP contribution is -2.04. The van der Waals surface area contributed by atoms with Gasteiger partial charge in [0, 0.05) is 5.39 Å². The number of rotatable bonds is 0. The van der Waals surface area contributed by atoms with Gasteiger partial charge in [0.05, 0.1) is 11.1 Å². The van der Waals surface area contributed by atoms with Gasteiger partial charge in [-0.3, -0.25) is 0 Å². The molecule has 1 aromatic carbocycles. The SMILES string of the molecule is Nc1ccc2ccc(C(F)(F)F)cc2n1. The molecule has 2 N–H and O–H groups in total. The molecule has 0 amide bonds. The second-order valence-electron chi connectivity index (χ2n) is 3.14. The number of hydrogen-bond donors (Lipinski definition) is 1. The van der Waals surface area contributed by atoms with Crippen molar-refractivity contribution in [3.05, 3.63) is 35.9 Å². The molecule has 2 rings (SSSR count). The number of hydrogen-bond acceptors (Lipinski definition) is 2. The zero-order chi connectivity index (χ0) is 11.1. The summed E-state index contributed by atoms with van der Waals surface area (Å²) in [6.07, 6.45) is -4.35. The lowest BCUT2D eigenvalue weighted by Gasteiger charge is -2.07. The van der Waals surface area contributed by atoms with Gasteiger partial charge in [0.25, 0.3) is 0 Å². The zero-order valence-electron chi connectivity index (χ0n) is 7.55. The lowest BCUT2D eigenvalue weighted by atomic mass is 10.1. The van der Waals surface area contributed by atoms with Gasteiger partial charge in [-0.2, -0.15) is 13.2 Å². The van der Waals surface area contributed by atoms with Crippen LogP contribution in [0.25, 0.3) is 10.9 Å². The third-order valence-electron chi connectivity index (χ3n) is 2.04. The van der Waals surface area contributed by atoms with Crippen molar-refractivity contribution in [2.24, 2.45) is 0 Å². The van der Waals surface area contributed by atoms with E-state index < -0.39 is 11.7 Å². The smallest absolute Gasteiger partial charge is 0.384 e. The van der Waals surface area contributed by atoms with Crippen molar-refractivity contribution in [2.45, 2.75) is 6.18 Å². The molecule has 0 saturated carbocycles. The average Bonchev–Trinajstić information content (AvgIpc) is 2.15. The van der Waals surface area contributed by atoms with Gasteiger partial charge in [-0.15, -0.1) is 0 Å². The molecule has 0 spiro atoms. The van der Waals surface area contributed by atoms with E-state index in [0.717, 1.165) is 12.1 Å². The fraction of sp³-hybridized carbons (Fsp3) is 0.100. The predicted molar refractivity (Wildman–Crippen MR) is 51.2 cm³/mol. The molecule has 0 saturated heterocycles. The fourth-order valence-corrected chi connectivity index (χ4v) is 1.31. The van der Waals surface area contributed by atoms with E-state index in [0.29, 0.717) is 5.39 Å². The van der Waals surface area contributed by atoms with Crippen molar-refractivity contribution in [2.75, 3.05) is 5.73 Å². The first-order chi connectivity index (χ1) is 6.97. The summed E-state index contributed by atoms with van der Waals surface area (Å²) in [4.78, 5) is 3.83. The minimum absolute atomic E-state index is 0.210. The molecule has 5 heteroatoms. The second kappa shape index (κ2) is 3.12. The summed E-state index contributed by atoms with van der Waals surface area (Å²) >= 11 is 0. The van der Waals surface area contributed by atoms with Gasteiger partial charge in [-0.25, -0.2) is 4.98 Å². The third-order valence-corrected chi connectivity index (χ3v) is 2.04. The van der Waals surface area contributed by atoms with Gasteiger partial charge in [0.1, 0.15) is 5.82 Å². The van der Waals surface area contributed by atoms with Gasteiger partial charge in [0.2, 0.25) is 0 Å². The highest BCUT2D eigenvalue weighted by atomic mass is 19.4. The van der Waals surface area contributed by atoms with Crippen molar-refractivity contribution in [3.8, 4) is 0 Å². The van der Waals surface area contributed by atoms with Crippen LogP contribution in [0.4, 0.5) is 19.0 Å². The highest BCUT2D eigenvalue weighted by molar-refractivity contribution is 5.80. The van der Waals surface area contributed by atoms with Crippen LogP contribution in [0.3, 0.4) is 0 Å². The highest BCUT2D eigenvalue weighted by Gasteiger charge is 2.30. The summed E-state index contributed by atoms with van der Waals surface area (Å²) in [5.74, 6) is 0.210. The Bertz CT molecular complexity index is 505. The molecular formula is C10H7F3N2. The number of halogens is 3. The number of aromatic nitrogens is 1. The number of nitrogens with zero attached hydrogens (tertiary/aromatic N) is 1. The number of fused-ring (bicyclic) bond motifs is 1. The fourth-order valence-electron chi connectivity index (χ4n) is 1.31. The van der Waals surface area contributed by atoms with E-state index in [1.54, 1.807) is 12.1 Å². The van der Waals surface area contributed by atoms with E-state index >= 15 is 0 Å². The Kier molecular flexibility index (Phi) is 2.03. The van der Waals surface area contributed by atoms with E-state index in [-0.39, 0.29) is 11.3 Å². The highest BCUT2D eigenvalue weighted by Crippen LogP contribution is 2.30. The first-order valence-corrected chi connectivity index (χ1v) is 4.20. The molecule has 0 atom stereocenters. The molecule has 0 fully saturated rings. The first-order valence-electron chi connectivity index (χ1n) is 4.20. The van der Waals surface area contributed by atoms with Crippen LogP contribution in [0.1, 0.15) is 5.56 Å². The van der Waals surface area contributed by atoms with Crippen LogP contribution in [0.5, 0.6) is 0 Å². The molecule has 0 radical (unpaired) electrons. The van der Waals surface area contributed by atoms with Crippen LogP contribution in [0, 0.1) is 0 Å². The predicted octanol–water partition coefficient (Wildman–Crippen LogP) is 2.84. The van der Waals surface area contributed by atoms with E-state index in [2.05, 4.69) is 4.98 Å². The maximum Gasteiger partial charge on any atom is 0.416 e. The zero-order valence-corrected chi connectivity index (χ0v) is 7.55. The molecule has 15 heavy (non-hydrogen) atoms. The maximum atomic E-state index is 12.4. The average molecular weight is 212 g/mol. The Morgan fingerprint density at radius 2 is 1.73 bits per heavy atom. The molecule has 0 aliphatic heterocycles. The molecule has 1 aromatic heterocycles. The number of pyridine rings is 1. The summed E-state index contributed by atoms with van der Waals surface area (Å²) < 4.78 is 37.1. The normalized spacial score (nSPS) is 11.9. The van der Waals surface area contributed by atoms with Crippen molar-refractivity contribution in [1.82, 2.24) is 4.98 Å². The Hall–Kier alpha value is -1.78. The van der Waals surface area contributed by atoms with Gasteiger partial charge >= 0.3 is 6.18 Å². The molecule has 0 aliphatic rings. The molecular weight excluding hydrogens is 205 g/mol. The van der Waals surface area contributed by atoms with Crippen molar-refractivity contribution in [1.29, 1.82) is 0 Å². The summed E-state index contributed by atoms with van der Waals surface area (Å²) in [5, 5.41) is 0.636. The number of benzene rings is 1. The van der Waals surface area contributed by atoms with Gasteiger partial charge in [0.15, 0.2) is 0 Å². The van der Waals surface area contributed by atoms with E-state index in [4.69, 9.17) is 5.73 Å². The minimum Gasteiger partial charge on any atom is -0.384 e. The van der Waals surface area contributed by atoms with Crippen LogP contribution < -0.4 is 5.73 Å². The number of anilines is 1. The molecule has 2 nitrogen and oxygen atoms in total. The van der Waals surface area contributed by atoms with Crippen LogP contribution in [-0.2, 0) is 6.18 Å². The molecule has 0 unspecified atom stereocenters. The van der Waals surface area contributed by atoms with Crippen LogP contribution in [-0.4, -0.2) is 4.98 Å². The Labute approximate surface area is 83.5 Å². The first kappa shape index (κ1) is 9.76. The van der Waals surface area contributed by atoms with Crippen LogP contribution in [0.2, 0.25) is 0 Å². The van der Waals surface area contributed by atoms with Gasteiger partial charge in [-0.1, -0.05) is 6.07 Å². The second-order valence-corrected chi connectivity index (χ2v) is 3.14. The summed E-state index contributed by atoms with van der Waals surface area (Å²) in [7, 11) is 0. The molecule has 0 bridgehead atoms. The summed E-state index contributed by atoms with van der Waals surface area (Å²) in [5.41, 5.74) is 4.93. The van der Waals surface area contributed by atoms with E-state index in [9.17, 15) is 13.2 Å². The maximum absolute atomic E-state index is 12.4. The molecule has 0 aliphatic carbocycles. The molecule has 78 valence electrons. The van der Waals surface area contributed by atoms with Crippen LogP contribution >= 0.6 is 0 Å². The van der Waals surface area contributed by atoms with Crippen molar-refractivity contribution < 1.29 is 13.2 Å². The quantitative estimate of drug-likeness (QED) is 0.729. The largest absolute Gasteiger partial charge is 0.416 e. The summed E-state index contributed by atoms with van der Waals surface area (Å²) in [6, 6.07) is 6.59. The van der Waals surface area contributed by atoms with Gasteiger partial charge in [-0.05, 0) is 24.3 Å². The number of alkyl halides is 3. The lowest BCUT2D eigenvalue weighted by molar-refractivity contribution is -0.137. The van der Waals surface area contributed by atoms with Crippen molar-refractivity contribution >= 4 is 16.7 Å². The number of nitrogen functional groups attached to an aromatic ring is 1. The van der Waals surface area contributed by atoms with E-state index in [1.807, 2.05) is 0 Å². The van der Waals surface area contributed by atoms with Crippen molar-refractivity contribution in [3.63, 3.8) is 0 Å². The topological polar surface area (TPSA) is 38.9 Å². The van der Waals surface area contributed by atoms with Gasteiger partial charge < -0.3 is 5.73 Å². The third kappa shape index (κ3) is 1.86. The monoisotopic (exact) mass is 212 g/mol. The standard InChI is InChI=1S/C10H7F3N2/c11-10(12,13)7-3-1-6-2-4-9(14)15-8(6)5-7/h1-5H,(H2,14,15). The Morgan fingerprint density at radius 3 is 2.40 bits per heavy atom. The Morgan fingerprint density at radius 1 is 1.07 bits per heavy atom.